The molecule has 19 heavy (non-hydrogen) atoms. The summed E-state index contributed by atoms with van der Waals surface area (Å²) >= 11 is 3.63. The van der Waals surface area contributed by atoms with Gasteiger partial charge in [0.25, 0.3) is 0 Å². The van der Waals surface area contributed by atoms with Gasteiger partial charge in [-0.3, -0.25) is 0 Å². The quantitative estimate of drug-likeness (QED) is 0.866. The van der Waals surface area contributed by atoms with Crippen molar-refractivity contribution in [3.8, 4) is 0 Å². The average molecular weight is 326 g/mol. The number of likely N-dealkylation sites (tertiary alicyclic amines) is 1. The number of benzene rings is 1. The first-order chi connectivity index (χ1) is 8.97. The lowest BCUT2D eigenvalue weighted by molar-refractivity contribution is 0.222. The van der Waals surface area contributed by atoms with Crippen molar-refractivity contribution in [1.82, 2.24) is 4.90 Å². The minimum absolute atomic E-state index is 0.797. The van der Waals surface area contributed by atoms with Crippen LogP contribution in [-0.4, -0.2) is 38.6 Å². The summed E-state index contributed by atoms with van der Waals surface area (Å²) in [6, 6.07) is 4.18. The molecule has 1 aromatic carbocycles. The zero-order valence-electron chi connectivity index (χ0n) is 12.1. The van der Waals surface area contributed by atoms with Gasteiger partial charge in [0.05, 0.1) is 5.69 Å². The van der Waals surface area contributed by atoms with Gasteiger partial charge in [-0.2, -0.15) is 0 Å². The Morgan fingerprint density at radius 2 is 2.00 bits per heavy atom. The molecule has 1 aliphatic rings. The van der Waals surface area contributed by atoms with Gasteiger partial charge in [0, 0.05) is 23.8 Å². The van der Waals surface area contributed by atoms with E-state index in [0.29, 0.717) is 0 Å². The Hall–Kier alpha value is -0.740. The molecule has 0 aromatic heterocycles. The van der Waals surface area contributed by atoms with E-state index in [4.69, 9.17) is 5.73 Å². The summed E-state index contributed by atoms with van der Waals surface area (Å²) in [5.41, 5.74) is 9.17. The van der Waals surface area contributed by atoms with Gasteiger partial charge in [-0.15, -0.1) is 0 Å². The van der Waals surface area contributed by atoms with Crippen molar-refractivity contribution in [3.05, 3.63) is 22.2 Å². The van der Waals surface area contributed by atoms with Crippen molar-refractivity contribution in [2.24, 2.45) is 5.92 Å². The molecule has 2 rings (SSSR count). The molecule has 1 saturated heterocycles. The van der Waals surface area contributed by atoms with Gasteiger partial charge >= 0.3 is 0 Å². The van der Waals surface area contributed by atoms with Crippen molar-refractivity contribution >= 4 is 27.3 Å². The molecule has 0 spiro atoms. The van der Waals surface area contributed by atoms with Crippen LogP contribution in [0.1, 0.15) is 18.4 Å². The fraction of sp³-hybridized carbons (Fsp3) is 0.600. The number of anilines is 2. The Balaban J connectivity index is 2.03. The minimum Gasteiger partial charge on any atom is -0.398 e. The average Bonchev–Trinajstić information content (AvgIpc) is 2.36. The summed E-state index contributed by atoms with van der Waals surface area (Å²) < 4.78 is 1.09. The lowest BCUT2D eigenvalue weighted by Gasteiger charge is -2.33. The summed E-state index contributed by atoms with van der Waals surface area (Å²) in [6.07, 6.45) is 2.60. The highest BCUT2D eigenvalue weighted by molar-refractivity contribution is 9.10. The van der Waals surface area contributed by atoms with Crippen LogP contribution in [0.2, 0.25) is 0 Å². The van der Waals surface area contributed by atoms with E-state index < -0.39 is 0 Å². The van der Waals surface area contributed by atoms with Crippen molar-refractivity contribution in [3.63, 3.8) is 0 Å². The second kappa shape index (κ2) is 6.14. The van der Waals surface area contributed by atoms with Crippen LogP contribution < -0.4 is 10.6 Å². The molecule has 3 nitrogen and oxygen atoms in total. The molecule has 0 aliphatic carbocycles. The topological polar surface area (TPSA) is 32.5 Å². The molecular weight excluding hydrogens is 302 g/mol. The zero-order chi connectivity index (χ0) is 14.0. The summed E-state index contributed by atoms with van der Waals surface area (Å²) in [5.74, 6) is 0.797. The Kier molecular flexibility index (Phi) is 4.74. The van der Waals surface area contributed by atoms with E-state index in [1.54, 1.807) is 0 Å². The van der Waals surface area contributed by atoms with Gasteiger partial charge in [0.1, 0.15) is 0 Å². The number of rotatable bonds is 3. The molecule has 0 unspecified atom stereocenters. The highest BCUT2D eigenvalue weighted by Crippen LogP contribution is 2.31. The first-order valence-corrected chi connectivity index (χ1v) is 7.72. The lowest BCUT2D eigenvalue weighted by Crippen LogP contribution is -2.35. The molecule has 0 saturated carbocycles. The Morgan fingerprint density at radius 3 is 2.63 bits per heavy atom. The van der Waals surface area contributed by atoms with Crippen molar-refractivity contribution in [1.29, 1.82) is 0 Å². The molecule has 106 valence electrons. The van der Waals surface area contributed by atoms with Crippen LogP contribution in [0.3, 0.4) is 0 Å². The fourth-order valence-electron chi connectivity index (χ4n) is 2.70. The lowest BCUT2D eigenvalue weighted by atomic mass is 9.96. The van der Waals surface area contributed by atoms with Gasteiger partial charge in [0.15, 0.2) is 0 Å². The predicted molar refractivity (Wildman–Crippen MR) is 86.8 cm³/mol. The monoisotopic (exact) mass is 325 g/mol. The normalized spacial score (nSPS) is 17.7. The molecule has 4 heteroatoms. The molecule has 1 fully saturated rings. The first kappa shape index (κ1) is 14.7. The van der Waals surface area contributed by atoms with E-state index in [-0.39, 0.29) is 0 Å². The zero-order valence-corrected chi connectivity index (χ0v) is 13.7. The number of halogens is 1. The van der Waals surface area contributed by atoms with Crippen LogP contribution >= 0.6 is 15.9 Å². The number of nitrogens with two attached hydrogens (primary N) is 1. The second-order valence-corrected chi connectivity index (χ2v) is 6.64. The fourth-order valence-corrected chi connectivity index (χ4v) is 3.37. The molecular formula is C15H24BrN3. The SMILES string of the molecule is Cc1cc(N(C)CC2CCN(C)CC2)c(Br)cc1N. The van der Waals surface area contributed by atoms with Gasteiger partial charge < -0.3 is 15.5 Å². The molecule has 2 N–H and O–H groups in total. The third-order valence-corrected chi connectivity index (χ3v) is 4.75. The number of aryl methyl sites for hydroxylation is 1. The summed E-state index contributed by atoms with van der Waals surface area (Å²) in [5, 5.41) is 0. The van der Waals surface area contributed by atoms with E-state index in [9.17, 15) is 0 Å². The number of hydrogen-bond acceptors (Lipinski definition) is 3. The second-order valence-electron chi connectivity index (χ2n) is 5.79. The smallest absolute Gasteiger partial charge is 0.0512 e. The van der Waals surface area contributed by atoms with Gasteiger partial charge in [-0.05, 0) is 79.4 Å². The standard InChI is InChI=1S/C15H24BrN3/c1-11-8-15(13(16)9-14(11)17)19(3)10-12-4-6-18(2)7-5-12/h8-9,12H,4-7,10,17H2,1-3H3. The molecule has 0 amide bonds. The Morgan fingerprint density at radius 1 is 1.37 bits per heavy atom. The van der Waals surface area contributed by atoms with E-state index >= 15 is 0 Å². The summed E-state index contributed by atoms with van der Waals surface area (Å²) in [4.78, 5) is 4.77. The number of piperidine rings is 1. The predicted octanol–water partition coefficient (Wildman–Crippen LogP) is 3.12. The van der Waals surface area contributed by atoms with Crippen molar-refractivity contribution in [2.75, 3.05) is 44.4 Å². The highest BCUT2D eigenvalue weighted by Gasteiger charge is 2.19. The maximum absolute atomic E-state index is 5.94. The van der Waals surface area contributed by atoms with Crippen molar-refractivity contribution < 1.29 is 0 Å². The van der Waals surface area contributed by atoms with E-state index in [0.717, 1.165) is 28.2 Å². The number of hydrogen-bond donors (Lipinski definition) is 1. The molecule has 1 heterocycles. The maximum atomic E-state index is 5.94. The molecule has 0 radical (unpaired) electrons. The van der Waals surface area contributed by atoms with Crippen LogP contribution in [0.5, 0.6) is 0 Å². The number of nitrogens with zero attached hydrogens (tertiary/aromatic N) is 2. The van der Waals surface area contributed by atoms with Crippen LogP contribution in [0.15, 0.2) is 16.6 Å². The largest absolute Gasteiger partial charge is 0.398 e. The third-order valence-electron chi connectivity index (χ3n) is 4.12. The molecule has 0 bridgehead atoms. The Labute approximate surface area is 124 Å². The number of nitrogen functional groups attached to an aromatic ring is 1. The molecule has 1 aliphatic heterocycles. The van der Waals surface area contributed by atoms with Crippen LogP contribution in [-0.2, 0) is 0 Å². The maximum Gasteiger partial charge on any atom is 0.0512 e. The van der Waals surface area contributed by atoms with Gasteiger partial charge in [-0.25, -0.2) is 0 Å². The van der Waals surface area contributed by atoms with Crippen LogP contribution in [0, 0.1) is 12.8 Å². The highest BCUT2D eigenvalue weighted by atomic mass is 79.9. The molecule has 1 aromatic rings. The van der Waals surface area contributed by atoms with Crippen LogP contribution in [0.4, 0.5) is 11.4 Å². The van der Waals surface area contributed by atoms with Crippen LogP contribution in [0.25, 0.3) is 0 Å². The minimum atomic E-state index is 0.797. The summed E-state index contributed by atoms with van der Waals surface area (Å²) in [7, 11) is 4.38. The van der Waals surface area contributed by atoms with Gasteiger partial charge in [0.2, 0.25) is 0 Å². The third kappa shape index (κ3) is 3.63. The van der Waals surface area contributed by atoms with E-state index in [1.807, 2.05) is 6.07 Å². The van der Waals surface area contributed by atoms with Gasteiger partial charge in [-0.1, -0.05) is 0 Å². The Bertz CT molecular complexity index is 439. The summed E-state index contributed by atoms with van der Waals surface area (Å²) in [6.45, 7) is 5.63. The first-order valence-electron chi connectivity index (χ1n) is 6.92. The molecule has 0 atom stereocenters. The van der Waals surface area contributed by atoms with Crippen molar-refractivity contribution in [2.45, 2.75) is 19.8 Å². The van der Waals surface area contributed by atoms with E-state index in [1.165, 1.54) is 31.6 Å². The van der Waals surface area contributed by atoms with E-state index in [2.05, 4.69) is 52.8 Å².